The molecular formula is C12H16N2O4S. The molecule has 0 saturated heterocycles. The van der Waals surface area contributed by atoms with Crippen LogP contribution in [0.15, 0.2) is 18.5 Å². The number of pyridine rings is 1. The third-order valence-electron chi connectivity index (χ3n) is 2.46. The van der Waals surface area contributed by atoms with Crippen LogP contribution in [0.3, 0.4) is 0 Å². The lowest BCUT2D eigenvalue weighted by atomic mass is 10.2. The van der Waals surface area contributed by atoms with E-state index in [1.54, 1.807) is 0 Å². The molecule has 1 aromatic heterocycles. The lowest BCUT2D eigenvalue weighted by Gasteiger charge is -2.15. The summed E-state index contributed by atoms with van der Waals surface area (Å²) in [7, 11) is 1.43. The van der Waals surface area contributed by atoms with E-state index < -0.39 is 17.9 Å². The van der Waals surface area contributed by atoms with E-state index in [1.807, 2.05) is 6.26 Å². The first-order valence-electron chi connectivity index (χ1n) is 5.60. The minimum absolute atomic E-state index is 0.271. The van der Waals surface area contributed by atoms with Crippen molar-refractivity contribution in [2.75, 3.05) is 19.1 Å². The molecule has 1 unspecified atom stereocenters. The van der Waals surface area contributed by atoms with Gasteiger partial charge in [-0.1, -0.05) is 0 Å². The van der Waals surface area contributed by atoms with E-state index in [1.165, 1.54) is 37.3 Å². The van der Waals surface area contributed by atoms with Gasteiger partial charge >= 0.3 is 5.97 Å². The lowest BCUT2D eigenvalue weighted by Crippen LogP contribution is -2.41. The SMILES string of the molecule is COc1cnccc1C(=O)NC(CCSC)C(=O)O. The number of aliphatic carboxylic acids is 1. The van der Waals surface area contributed by atoms with Crippen molar-refractivity contribution in [3.63, 3.8) is 0 Å². The van der Waals surface area contributed by atoms with E-state index in [-0.39, 0.29) is 5.56 Å². The molecule has 1 atom stereocenters. The Balaban J connectivity index is 2.78. The van der Waals surface area contributed by atoms with Crippen LogP contribution in [-0.4, -0.2) is 47.1 Å². The topological polar surface area (TPSA) is 88.5 Å². The average Bonchev–Trinajstić information content (AvgIpc) is 2.42. The minimum atomic E-state index is -1.05. The molecule has 0 radical (unpaired) electrons. The largest absolute Gasteiger partial charge is 0.494 e. The highest BCUT2D eigenvalue weighted by molar-refractivity contribution is 7.98. The lowest BCUT2D eigenvalue weighted by molar-refractivity contribution is -0.139. The van der Waals surface area contributed by atoms with Gasteiger partial charge in [0.2, 0.25) is 0 Å². The predicted octanol–water partition coefficient (Wildman–Crippen LogP) is 1.03. The molecule has 6 nitrogen and oxygen atoms in total. The van der Waals surface area contributed by atoms with E-state index in [9.17, 15) is 9.59 Å². The highest BCUT2D eigenvalue weighted by Crippen LogP contribution is 2.15. The minimum Gasteiger partial charge on any atom is -0.494 e. The summed E-state index contributed by atoms with van der Waals surface area (Å²) in [6, 6.07) is 0.583. The first-order chi connectivity index (χ1) is 9.10. The zero-order valence-corrected chi connectivity index (χ0v) is 11.6. The van der Waals surface area contributed by atoms with Crippen molar-refractivity contribution in [2.24, 2.45) is 0 Å². The predicted molar refractivity (Wildman–Crippen MR) is 72.7 cm³/mol. The van der Waals surface area contributed by atoms with E-state index in [4.69, 9.17) is 9.84 Å². The summed E-state index contributed by atoms with van der Waals surface area (Å²) in [6.45, 7) is 0. The van der Waals surface area contributed by atoms with E-state index in [0.29, 0.717) is 17.9 Å². The molecule has 0 saturated carbocycles. The molecule has 0 spiro atoms. The summed E-state index contributed by atoms with van der Waals surface area (Å²) >= 11 is 1.53. The third kappa shape index (κ3) is 4.44. The Morgan fingerprint density at radius 3 is 2.89 bits per heavy atom. The van der Waals surface area contributed by atoms with Crippen molar-refractivity contribution in [3.8, 4) is 5.75 Å². The molecule has 0 bridgehead atoms. The second-order valence-electron chi connectivity index (χ2n) is 3.72. The zero-order chi connectivity index (χ0) is 14.3. The molecular weight excluding hydrogens is 268 g/mol. The number of rotatable bonds is 7. The average molecular weight is 284 g/mol. The van der Waals surface area contributed by atoms with Gasteiger partial charge in [0.05, 0.1) is 18.9 Å². The number of nitrogens with one attached hydrogen (secondary N) is 1. The summed E-state index contributed by atoms with van der Waals surface area (Å²) in [6.07, 6.45) is 5.12. The molecule has 19 heavy (non-hydrogen) atoms. The number of hydrogen-bond acceptors (Lipinski definition) is 5. The number of aromatic nitrogens is 1. The van der Waals surface area contributed by atoms with Gasteiger partial charge in [0.1, 0.15) is 11.8 Å². The zero-order valence-electron chi connectivity index (χ0n) is 10.8. The van der Waals surface area contributed by atoms with E-state index >= 15 is 0 Å². The Morgan fingerprint density at radius 1 is 1.58 bits per heavy atom. The van der Waals surface area contributed by atoms with Crippen LogP contribution in [0.4, 0.5) is 0 Å². The highest BCUT2D eigenvalue weighted by atomic mass is 32.2. The fourth-order valence-corrected chi connectivity index (χ4v) is 1.93. The number of hydrogen-bond donors (Lipinski definition) is 2. The van der Waals surface area contributed by atoms with Crippen molar-refractivity contribution in [1.29, 1.82) is 0 Å². The third-order valence-corrected chi connectivity index (χ3v) is 3.11. The fourth-order valence-electron chi connectivity index (χ4n) is 1.46. The van der Waals surface area contributed by atoms with Gasteiger partial charge in [-0.2, -0.15) is 11.8 Å². The van der Waals surface area contributed by atoms with Gasteiger partial charge in [0.15, 0.2) is 0 Å². The maximum Gasteiger partial charge on any atom is 0.326 e. The van der Waals surface area contributed by atoms with Gasteiger partial charge in [-0.25, -0.2) is 4.79 Å². The van der Waals surface area contributed by atoms with Crippen LogP contribution < -0.4 is 10.1 Å². The van der Waals surface area contributed by atoms with Crippen molar-refractivity contribution in [1.82, 2.24) is 10.3 Å². The van der Waals surface area contributed by atoms with Crippen molar-refractivity contribution < 1.29 is 19.4 Å². The van der Waals surface area contributed by atoms with Crippen LogP contribution in [0.25, 0.3) is 0 Å². The van der Waals surface area contributed by atoms with Gasteiger partial charge in [-0.3, -0.25) is 9.78 Å². The molecule has 1 rings (SSSR count). The second-order valence-corrected chi connectivity index (χ2v) is 4.71. The molecule has 1 heterocycles. The smallest absolute Gasteiger partial charge is 0.326 e. The van der Waals surface area contributed by atoms with Crippen molar-refractivity contribution in [3.05, 3.63) is 24.0 Å². The van der Waals surface area contributed by atoms with Crippen LogP contribution in [-0.2, 0) is 4.79 Å². The molecule has 0 aromatic carbocycles. The normalized spacial score (nSPS) is 11.7. The number of thioether (sulfide) groups is 1. The molecule has 0 aliphatic carbocycles. The highest BCUT2D eigenvalue weighted by Gasteiger charge is 2.21. The van der Waals surface area contributed by atoms with Gasteiger partial charge < -0.3 is 15.2 Å². The van der Waals surface area contributed by atoms with Crippen molar-refractivity contribution in [2.45, 2.75) is 12.5 Å². The molecule has 0 aliphatic heterocycles. The molecule has 104 valence electrons. The number of carbonyl (C=O) groups is 2. The maximum absolute atomic E-state index is 12.0. The summed E-state index contributed by atoms with van der Waals surface area (Å²) in [5, 5.41) is 11.5. The Hall–Kier alpha value is -1.76. The van der Waals surface area contributed by atoms with Crippen LogP contribution in [0, 0.1) is 0 Å². The molecule has 0 aliphatic rings. The Kier molecular flexibility index (Phi) is 6.14. The number of carbonyl (C=O) groups excluding carboxylic acids is 1. The quantitative estimate of drug-likeness (QED) is 0.777. The number of carboxylic acids is 1. The summed E-state index contributed by atoms with van der Waals surface area (Å²) in [5.74, 6) is -0.553. The van der Waals surface area contributed by atoms with Crippen LogP contribution in [0.1, 0.15) is 16.8 Å². The Bertz CT molecular complexity index is 453. The van der Waals surface area contributed by atoms with Crippen molar-refractivity contribution >= 4 is 23.6 Å². The standard InChI is InChI=1S/C12H16N2O4S/c1-18-10-7-13-5-3-8(10)11(15)14-9(12(16)17)4-6-19-2/h3,5,7,9H,4,6H2,1-2H3,(H,14,15)(H,16,17). The molecule has 1 aromatic rings. The van der Waals surface area contributed by atoms with Crippen LogP contribution in [0.5, 0.6) is 5.75 Å². The number of nitrogens with zero attached hydrogens (tertiary/aromatic N) is 1. The van der Waals surface area contributed by atoms with Crippen LogP contribution >= 0.6 is 11.8 Å². The number of carboxylic acid groups (broad SMARTS) is 1. The Morgan fingerprint density at radius 2 is 2.32 bits per heavy atom. The maximum atomic E-state index is 12.0. The van der Waals surface area contributed by atoms with E-state index in [2.05, 4.69) is 10.3 Å². The Labute approximate surface area is 115 Å². The van der Waals surface area contributed by atoms with Crippen LogP contribution in [0.2, 0.25) is 0 Å². The second kappa shape index (κ2) is 7.63. The number of ether oxygens (including phenoxy) is 1. The monoisotopic (exact) mass is 284 g/mol. The first kappa shape index (κ1) is 15.3. The summed E-state index contributed by atoms with van der Waals surface area (Å²) in [4.78, 5) is 26.9. The summed E-state index contributed by atoms with van der Waals surface area (Å²) in [5.41, 5.74) is 0.271. The first-order valence-corrected chi connectivity index (χ1v) is 7.00. The molecule has 2 N–H and O–H groups in total. The summed E-state index contributed by atoms with van der Waals surface area (Å²) < 4.78 is 5.01. The fraction of sp³-hybridized carbons (Fsp3) is 0.417. The number of amides is 1. The van der Waals surface area contributed by atoms with Gasteiger partial charge in [0.25, 0.3) is 5.91 Å². The molecule has 7 heteroatoms. The molecule has 0 fully saturated rings. The van der Waals surface area contributed by atoms with Gasteiger partial charge in [-0.15, -0.1) is 0 Å². The van der Waals surface area contributed by atoms with Gasteiger partial charge in [0, 0.05) is 6.20 Å². The van der Waals surface area contributed by atoms with Gasteiger partial charge in [-0.05, 0) is 24.5 Å². The number of methoxy groups -OCH3 is 1. The molecule has 1 amide bonds. The van der Waals surface area contributed by atoms with E-state index in [0.717, 1.165) is 0 Å².